The number of hydrogen-bond acceptors (Lipinski definition) is 3. The molecule has 19 heavy (non-hydrogen) atoms. The van der Waals surface area contributed by atoms with E-state index in [9.17, 15) is 5.11 Å². The van der Waals surface area contributed by atoms with Gasteiger partial charge in [-0.3, -0.25) is 0 Å². The predicted octanol–water partition coefficient (Wildman–Crippen LogP) is 3.04. The Labute approximate surface area is 115 Å². The number of rotatable bonds is 5. The SMILES string of the molecule is CC1CC1c1ccc(CNCC2CCCCC2O)o1. The Bertz CT molecular complexity index is 415. The van der Waals surface area contributed by atoms with Crippen molar-refractivity contribution in [1.29, 1.82) is 0 Å². The van der Waals surface area contributed by atoms with Crippen molar-refractivity contribution in [3.63, 3.8) is 0 Å². The van der Waals surface area contributed by atoms with Gasteiger partial charge < -0.3 is 14.8 Å². The van der Waals surface area contributed by atoms with Crippen LogP contribution in [-0.2, 0) is 6.54 Å². The molecule has 1 aromatic heterocycles. The van der Waals surface area contributed by atoms with Crippen LogP contribution in [0.2, 0.25) is 0 Å². The van der Waals surface area contributed by atoms with Crippen LogP contribution in [0.25, 0.3) is 0 Å². The molecule has 3 rings (SSSR count). The molecule has 3 heteroatoms. The summed E-state index contributed by atoms with van der Waals surface area (Å²) >= 11 is 0. The molecule has 4 atom stereocenters. The van der Waals surface area contributed by atoms with Gasteiger partial charge in [0, 0.05) is 12.5 Å². The summed E-state index contributed by atoms with van der Waals surface area (Å²) < 4.78 is 5.87. The van der Waals surface area contributed by atoms with E-state index in [4.69, 9.17) is 4.42 Å². The molecule has 0 aromatic carbocycles. The summed E-state index contributed by atoms with van der Waals surface area (Å²) in [6.45, 7) is 3.96. The van der Waals surface area contributed by atoms with Crippen molar-refractivity contribution in [2.75, 3.05) is 6.54 Å². The highest BCUT2D eigenvalue weighted by Gasteiger charge is 2.36. The van der Waals surface area contributed by atoms with Crippen molar-refractivity contribution in [2.24, 2.45) is 11.8 Å². The van der Waals surface area contributed by atoms with Crippen LogP contribution in [0.3, 0.4) is 0 Å². The third-order valence-corrected chi connectivity index (χ3v) is 4.73. The van der Waals surface area contributed by atoms with Crippen LogP contribution in [0.1, 0.15) is 56.5 Å². The number of aliphatic hydroxyl groups is 1. The fraction of sp³-hybridized carbons (Fsp3) is 0.750. The Morgan fingerprint density at radius 2 is 2.11 bits per heavy atom. The van der Waals surface area contributed by atoms with Gasteiger partial charge in [0.2, 0.25) is 0 Å². The molecule has 2 fully saturated rings. The van der Waals surface area contributed by atoms with Crippen molar-refractivity contribution < 1.29 is 9.52 Å². The van der Waals surface area contributed by atoms with E-state index >= 15 is 0 Å². The molecule has 1 aromatic rings. The minimum atomic E-state index is -0.110. The van der Waals surface area contributed by atoms with E-state index in [0.29, 0.717) is 11.8 Å². The highest BCUT2D eigenvalue weighted by atomic mass is 16.3. The lowest BCUT2D eigenvalue weighted by Crippen LogP contribution is -2.33. The van der Waals surface area contributed by atoms with E-state index in [-0.39, 0.29) is 6.10 Å². The molecule has 2 aliphatic rings. The lowest BCUT2D eigenvalue weighted by molar-refractivity contribution is 0.0692. The van der Waals surface area contributed by atoms with Crippen LogP contribution in [0.15, 0.2) is 16.5 Å². The van der Waals surface area contributed by atoms with Crippen molar-refractivity contribution >= 4 is 0 Å². The van der Waals surface area contributed by atoms with Gasteiger partial charge in [-0.25, -0.2) is 0 Å². The third kappa shape index (κ3) is 3.21. The molecule has 0 bridgehead atoms. The van der Waals surface area contributed by atoms with Gasteiger partial charge in [-0.2, -0.15) is 0 Å². The Hall–Kier alpha value is -0.800. The Morgan fingerprint density at radius 1 is 1.32 bits per heavy atom. The lowest BCUT2D eigenvalue weighted by Gasteiger charge is -2.27. The summed E-state index contributed by atoms with van der Waals surface area (Å²) in [4.78, 5) is 0. The van der Waals surface area contributed by atoms with Gasteiger partial charge in [0.25, 0.3) is 0 Å². The molecule has 0 radical (unpaired) electrons. The summed E-state index contributed by atoms with van der Waals surface area (Å²) in [5, 5.41) is 13.3. The first-order valence-corrected chi connectivity index (χ1v) is 7.71. The summed E-state index contributed by atoms with van der Waals surface area (Å²) in [5.41, 5.74) is 0. The average molecular weight is 263 g/mol. The zero-order valence-electron chi connectivity index (χ0n) is 11.8. The molecular formula is C16H25NO2. The van der Waals surface area contributed by atoms with E-state index in [1.54, 1.807) is 0 Å². The molecule has 1 heterocycles. The summed E-state index contributed by atoms with van der Waals surface area (Å²) in [7, 11) is 0. The Morgan fingerprint density at radius 3 is 2.84 bits per heavy atom. The topological polar surface area (TPSA) is 45.4 Å². The van der Waals surface area contributed by atoms with E-state index in [0.717, 1.165) is 43.4 Å². The molecule has 2 saturated carbocycles. The molecule has 2 aliphatic carbocycles. The lowest BCUT2D eigenvalue weighted by atomic mass is 9.86. The fourth-order valence-corrected chi connectivity index (χ4v) is 3.21. The molecule has 4 unspecified atom stereocenters. The maximum Gasteiger partial charge on any atom is 0.117 e. The summed E-state index contributed by atoms with van der Waals surface area (Å²) in [6, 6.07) is 4.21. The highest BCUT2D eigenvalue weighted by molar-refractivity contribution is 5.17. The summed E-state index contributed by atoms with van der Waals surface area (Å²) in [6.07, 6.45) is 5.72. The van der Waals surface area contributed by atoms with Gasteiger partial charge in [-0.1, -0.05) is 19.8 Å². The van der Waals surface area contributed by atoms with E-state index in [1.807, 2.05) is 0 Å². The molecule has 0 spiro atoms. The summed E-state index contributed by atoms with van der Waals surface area (Å²) in [5.74, 6) is 4.06. The molecule has 106 valence electrons. The van der Waals surface area contributed by atoms with Gasteiger partial charge in [0.05, 0.1) is 12.6 Å². The van der Waals surface area contributed by atoms with Gasteiger partial charge >= 0.3 is 0 Å². The number of furan rings is 1. The first-order valence-electron chi connectivity index (χ1n) is 7.71. The third-order valence-electron chi connectivity index (χ3n) is 4.73. The van der Waals surface area contributed by atoms with E-state index in [2.05, 4.69) is 24.4 Å². The minimum Gasteiger partial charge on any atom is -0.464 e. The average Bonchev–Trinajstić information content (AvgIpc) is 2.96. The first kappa shape index (κ1) is 13.2. The van der Waals surface area contributed by atoms with Crippen LogP contribution in [0.4, 0.5) is 0 Å². The molecule has 2 N–H and O–H groups in total. The van der Waals surface area contributed by atoms with E-state index in [1.165, 1.54) is 19.3 Å². The molecular weight excluding hydrogens is 238 g/mol. The van der Waals surface area contributed by atoms with Crippen LogP contribution >= 0.6 is 0 Å². The first-order chi connectivity index (χ1) is 9.24. The van der Waals surface area contributed by atoms with Gasteiger partial charge in [-0.05, 0) is 43.2 Å². The second-order valence-electron chi connectivity index (χ2n) is 6.37. The maximum absolute atomic E-state index is 9.92. The van der Waals surface area contributed by atoms with Crippen LogP contribution < -0.4 is 5.32 Å². The smallest absolute Gasteiger partial charge is 0.117 e. The maximum atomic E-state index is 9.92. The predicted molar refractivity (Wildman–Crippen MR) is 74.9 cm³/mol. The normalized spacial score (nSPS) is 34.4. The molecule has 0 saturated heterocycles. The standard InChI is InChI=1S/C16H25NO2/c1-11-8-14(11)16-7-6-13(19-16)10-17-9-12-4-2-3-5-15(12)18/h6-7,11-12,14-15,17-18H,2-5,8-10H2,1H3. The van der Waals surface area contributed by atoms with Gasteiger partial charge in [-0.15, -0.1) is 0 Å². The zero-order valence-corrected chi connectivity index (χ0v) is 11.8. The number of hydrogen-bond donors (Lipinski definition) is 2. The minimum absolute atomic E-state index is 0.110. The van der Waals surface area contributed by atoms with Crippen molar-refractivity contribution in [1.82, 2.24) is 5.32 Å². The van der Waals surface area contributed by atoms with Crippen LogP contribution in [0, 0.1) is 11.8 Å². The van der Waals surface area contributed by atoms with E-state index < -0.39 is 0 Å². The van der Waals surface area contributed by atoms with Crippen molar-refractivity contribution in [2.45, 2.75) is 57.6 Å². The number of nitrogens with one attached hydrogen (secondary N) is 1. The Balaban J connectivity index is 1.43. The molecule has 3 nitrogen and oxygen atoms in total. The highest BCUT2D eigenvalue weighted by Crippen LogP contribution is 2.47. The van der Waals surface area contributed by atoms with Gasteiger partial charge in [0.1, 0.15) is 11.5 Å². The fourth-order valence-electron chi connectivity index (χ4n) is 3.21. The molecule has 0 amide bonds. The van der Waals surface area contributed by atoms with Crippen molar-refractivity contribution in [3.05, 3.63) is 23.7 Å². The molecule has 0 aliphatic heterocycles. The second kappa shape index (κ2) is 5.68. The number of aliphatic hydroxyl groups excluding tert-OH is 1. The van der Waals surface area contributed by atoms with Crippen LogP contribution in [-0.4, -0.2) is 17.8 Å². The van der Waals surface area contributed by atoms with Crippen molar-refractivity contribution in [3.8, 4) is 0 Å². The Kier molecular flexibility index (Phi) is 3.94. The van der Waals surface area contributed by atoms with Gasteiger partial charge in [0.15, 0.2) is 0 Å². The quantitative estimate of drug-likeness (QED) is 0.858. The zero-order chi connectivity index (χ0) is 13.2. The largest absolute Gasteiger partial charge is 0.464 e. The second-order valence-corrected chi connectivity index (χ2v) is 6.37. The monoisotopic (exact) mass is 263 g/mol. The van der Waals surface area contributed by atoms with Crippen LogP contribution in [0.5, 0.6) is 0 Å².